The van der Waals surface area contributed by atoms with Crippen LogP contribution in [0.1, 0.15) is 25.1 Å². The van der Waals surface area contributed by atoms with E-state index in [1.54, 1.807) is 0 Å². The van der Waals surface area contributed by atoms with Gasteiger partial charge in [-0.3, -0.25) is 14.2 Å². The topological polar surface area (TPSA) is 84.7 Å². The normalized spacial score (nSPS) is 9.76. The number of methoxy groups -OCH3 is 1. The number of carbonyl (C=O) groups excluding carboxylic acids is 1. The van der Waals surface area contributed by atoms with E-state index in [4.69, 9.17) is 4.79 Å². The van der Waals surface area contributed by atoms with Crippen molar-refractivity contribution in [1.82, 2.24) is 19.4 Å². The predicted octanol–water partition coefficient (Wildman–Crippen LogP) is 4.59. The summed E-state index contributed by atoms with van der Waals surface area (Å²) in [6.45, 7) is 7.08. The molecule has 0 aliphatic rings. The minimum Gasteiger partial charge on any atom is -0.471 e. The van der Waals surface area contributed by atoms with Gasteiger partial charge in [0.15, 0.2) is 5.65 Å². The first kappa shape index (κ1) is 25.3. The van der Waals surface area contributed by atoms with Crippen LogP contribution in [0.4, 0.5) is 11.5 Å². The number of anilines is 2. The number of imidazole rings is 1. The Bertz CT molecular complexity index is 1120. The monoisotopic (exact) mass is 448 g/mol. The van der Waals surface area contributed by atoms with Crippen LogP contribution in [0.5, 0.6) is 0 Å². The van der Waals surface area contributed by atoms with Gasteiger partial charge in [0, 0.05) is 37.7 Å². The summed E-state index contributed by atoms with van der Waals surface area (Å²) >= 11 is 0. The van der Waals surface area contributed by atoms with E-state index in [9.17, 15) is 0 Å². The fraction of sp³-hybridized carbons (Fsp3) is 0.280. The SMILES string of the molecule is CC.CNc1ccc(-c2cnc3cnc(CN(C)c4ccc(C)cn4)cn23)cc1.COC=O. The highest BCUT2D eigenvalue weighted by atomic mass is 16.5. The molecule has 1 N–H and O–H groups in total. The standard InChI is InChI=1S/C21H22N6.C2H4O2.C2H6/c1-15-4-9-20(24-10-15)26(3)13-18-14-27-19(11-25-21(27)12-23-18)16-5-7-17(22-2)8-6-16;1-4-2-3;1-2/h4-12,14,22H,13H2,1-3H3;2H,1H3;1-2H3. The number of fused-ring (bicyclic) bond motifs is 1. The summed E-state index contributed by atoms with van der Waals surface area (Å²) in [5, 5.41) is 3.14. The summed E-state index contributed by atoms with van der Waals surface area (Å²) in [6.07, 6.45) is 7.64. The number of benzene rings is 1. The van der Waals surface area contributed by atoms with E-state index in [1.807, 2.05) is 65.7 Å². The van der Waals surface area contributed by atoms with Crippen molar-refractivity contribution in [2.45, 2.75) is 27.3 Å². The summed E-state index contributed by atoms with van der Waals surface area (Å²) in [7, 11) is 5.25. The Hall–Kier alpha value is -3.94. The molecule has 0 aliphatic carbocycles. The van der Waals surface area contributed by atoms with Gasteiger partial charge in [0.05, 0.1) is 37.4 Å². The first-order valence-corrected chi connectivity index (χ1v) is 10.8. The lowest BCUT2D eigenvalue weighted by Crippen LogP contribution is -2.18. The van der Waals surface area contributed by atoms with Gasteiger partial charge in [-0.1, -0.05) is 32.0 Å². The van der Waals surface area contributed by atoms with Gasteiger partial charge >= 0.3 is 0 Å². The molecule has 3 heterocycles. The molecule has 4 aromatic rings. The van der Waals surface area contributed by atoms with Crippen molar-refractivity contribution in [3.05, 3.63) is 72.4 Å². The summed E-state index contributed by atoms with van der Waals surface area (Å²) in [5.41, 5.74) is 6.20. The van der Waals surface area contributed by atoms with Crippen molar-refractivity contribution in [3.8, 4) is 11.3 Å². The van der Waals surface area contributed by atoms with Crippen LogP contribution in [-0.4, -0.2) is 47.0 Å². The lowest BCUT2D eigenvalue weighted by molar-refractivity contribution is -0.126. The first-order valence-electron chi connectivity index (χ1n) is 10.8. The molecule has 8 nitrogen and oxygen atoms in total. The molecule has 0 radical (unpaired) electrons. The number of ether oxygens (including phenoxy) is 1. The number of carbonyl (C=O) groups is 1. The third-order valence-corrected chi connectivity index (χ3v) is 4.70. The van der Waals surface area contributed by atoms with E-state index in [0.717, 1.165) is 39.7 Å². The van der Waals surface area contributed by atoms with Crippen LogP contribution in [0.15, 0.2) is 61.2 Å². The van der Waals surface area contributed by atoms with Gasteiger partial charge in [-0.2, -0.15) is 0 Å². The zero-order valence-electron chi connectivity index (χ0n) is 20.1. The van der Waals surface area contributed by atoms with Crippen molar-refractivity contribution in [2.75, 3.05) is 31.4 Å². The molecule has 0 atom stereocenters. The molecule has 33 heavy (non-hydrogen) atoms. The van der Waals surface area contributed by atoms with Gasteiger partial charge in [0.25, 0.3) is 6.47 Å². The van der Waals surface area contributed by atoms with Crippen molar-refractivity contribution in [1.29, 1.82) is 0 Å². The molecule has 8 heteroatoms. The van der Waals surface area contributed by atoms with Gasteiger partial charge in [-0.15, -0.1) is 0 Å². The average Bonchev–Trinajstić information content (AvgIpc) is 3.29. The second-order valence-electron chi connectivity index (χ2n) is 6.96. The molecular weight excluding hydrogens is 416 g/mol. The molecule has 1 aromatic carbocycles. The molecule has 0 fully saturated rings. The minimum atomic E-state index is 0.375. The van der Waals surface area contributed by atoms with Crippen molar-refractivity contribution in [3.63, 3.8) is 0 Å². The number of nitrogens with zero attached hydrogens (tertiary/aromatic N) is 5. The average molecular weight is 449 g/mol. The Labute approximate surface area is 195 Å². The van der Waals surface area contributed by atoms with Gasteiger partial charge in [-0.25, -0.2) is 9.97 Å². The Morgan fingerprint density at radius 1 is 1.03 bits per heavy atom. The van der Waals surface area contributed by atoms with E-state index in [-0.39, 0.29) is 0 Å². The number of aromatic nitrogens is 4. The van der Waals surface area contributed by atoms with E-state index in [1.165, 1.54) is 7.11 Å². The molecule has 174 valence electrons. The highest BCUT2D eigenvalue weighted by Crippen LogP contribution is 2.23. The van der Waals surface area contributed by atoms with E-state index < -0.39 is 0 Å². The largest absolute Gasteiger partial charge is 0.471 e. The van der Waals surface area contributed by atoms with E-state index in [0.29, 0.717) is 13.0 Å². The Morgan fingerprint density at radius 2 is 1.73 bits per heavy atom. The molecule has 0 unspecified atom stereocenters. The molecule has 0 saturated carbocycles. The van der Waals surface area contributed by atoms with Crippen molar-refractivity contribution < 1.29 is 9.53 Å². The Balaban J connectivity index is 0.000000582. The third-order valence-electron chi connectivity index (χ3n) is 4.70. The predicted molar refractivity (Wildman–Crippen MR) is 133 cm³/mol. The molecule has 0 saturated heterocycles. The van der Waals surface area contributed by atoms with Crippen LogP contribution in [0, 0.1) is 6.92 Å². The van der Waals surface area contributed by atoms with Crippen LogP contribution in [0.2, 0.25) is 0 Å². The summed E-state index contributed by atoms with van der Waals surface area (Å²) in [5.74, 6) is 0.927. The number of hydrogen-bond acceptors (Lipinski definition) is 7. The highest BCUT2D eigenvalue weighted by Gasteiger charge is 2.10. The maximum atomic E-state index is 8.95. The van der Waals surface area contributed by atoms with Gasteiger partial charge in [0.1, 0.15) is 5.82 Å². The lowest BCUT2D eigenvalue weighted by atomic mass is 10.1. The number of hydrogen-bond donors (Lipinski definition) is 1. The van der Waals surface area contributed by atoms with Gasteiger partial charge in [0.2, 0.25) is 0 Å². The molecule has 0 amide bonds. The van der Waals surface area contributed by atoms with Crippen LogP contribution in [0.3, 0.4) is 0 Å². The maximum absolute atomic E-state index is 8.95. The quantitative estimate of drug-likeness (QED) is 0.432. The van der Waals surface area contributed by atoms with Crippen molar-refractivity contribution >= 4 is 23.6 Å². The Kier molecular flexibility index (Phi) is 9.82. The molecule has 3 aromatic heterocycles. The molecule has 0 aliphatic heterocycles. The Morgan fingerprint density at radius 3 is 2.30 bits per heavy atom. The van der Waals surface area contributed by atoms with E-state index >= 15 is 0 Å². The van der Waals surface area contributed by atoms with Crippen LogP contribution in [-0.2, 0) is 16.1 Å². The van der Waals surface area contributed by atoms with Crippen LogP contribution >= 0.6 is 0 Å². The van der Waals surface area contributed by atoms with E-state index in [2.05, 4.69) is 64.6 Å². The number of pyridine rings is 1. The zero-order valence-corrected chi connectivity index (χ0v) is 20.1. The molecule has 0 bridgehead atoms. The number of rotatable bonds is 6. The van der Waals surface area contributed by atoms with Gasteiger partial charge in [-0.05, 0) is 30.7 Å². The summed E-state index contributed by atoms with van der Waals surface area (Å²) in [4.78, 5) is 24.6. The fourth-order valence-electron chi connectivity index (χ4n) is 3.04. The summed E-state index contributed by atoms with van der Waals surface area (Å²) in [6, 6.07) is 12.4. The fourth-order valence-corrected chi connectivity index (χ4v) is 3.04. The molecular formula is C25H32N6O2. The molecule has 4 rings (SSSR count). The molecule has 0 spiro atoms. The zero-order chi connectivity index (χ0) is 24.2. The maximum Gasteiger partial charge on any atom is 0.292 e. The van der Waals surface area contributed by atoms with Crippen LogP contribution in [0.25, 0.3) is 16.9 Å². The second-order valence-corrected chi connectivity index (χ2v) is 6.96. The minimum absolute atomic E-state index is 0.375. The second kappa shape index (κ2) is 12.8. The summed E-state index contributed by atoms with van der Waals surface area (Å²) < 4.78 is 5.95. The number of nitrogens with one attached hydrogen (secondary N) is 1. The van der Waals surface area contributed by atoms with Crippen molar-refractivity contribution in [2.24, 2.45) is 0 Å². The first-order chi connectivity index (χ1) is 16.0. The smallest absolute Gasteiger partial charge is 0.292 e. The number of aryl methyl sites for hydroxylation is 1. The van der Waals surface area contributed by atoms with Gasteiger partial charge < -0.3 is 15.0 Å². The lowest BCUT2D eigenvalue weighted by Gasteiger charge is -2.18. The highest BCUT2D eigenvalue weighted by molar-refractivity contribution is 5.65. The third kappa shape index (κ3) is 6.77. The van der Waals surface area contributed by atoms with Crippen LogP contribution < -0.4 is 10.2 Å².